The van der Waals surface area contributed by atoms with E-state index < -0.39 is 34.9 Å². The van der Waals surface area contributed by atoms with Crippen molar-refractivity contribution in [3.63, 3.8) is 0 Å². The van der Waals surface area contributed by atoms with Gasteiger partial charge in [0.25, 0.3) is 17.7 Å². The molecule has 36 heavy (non-hydrogen) atoms. The fourth-order valence-electron chi connectivity index (χ4n) is 6.01. The summed E-state index contributed by atoms with van der Waals surface area (Å²) in [4.78, 5) is 54.5. The second-order valence-electron chi connectivity index (χ2n) is 9.24. The highest BCUT2D eigenvalue weighted by Crippen LogP contribution is 2.57. The first kappa shape index (κ1) is 22.3. The fraction of sp³-hybridized carbons (Fsp3) is 0.154. The van der Waals surface area contributed by atoms with E-state index in [1.807, 2.05) is 0 Å². The number of fused-ring (bicyclic) bond motifs is 2. The molecule has 0 aromatic heterocycles. The second-order valence-corrected chi connectivity index (χ2v) is 10.9. The van der Waals surface area contributed by atoms with Gasteiger partial charge in [-0.25, -0.2) is 0 Å². The van der Waals surface area contributed by atoms with Gasteiger partial charge in [0.15, 0.2) is 0 Å². The van der Waals surface area contributed by atoms with Gasteiger partial charge in [0.1, 0.15) is 0 Å². The highest BCUT2D eigenvalue weighted by Gasteiger charge is 2.44. The molecular formula is C26H12Cl4N2O4. The summed E-state index contributed by atoms with van der Waals surface area (Å²) in [5.74, 6) is -2.63. The van der Waals surface area contributed by atoms with Crippen molar-refractivity contribution in [1.82, 2.24) is 9.80 Å². The molecule has 2 heterocycles. The number of benzene rings is 3. The zero-order valence-electron chi connectivity index (χ0n) is 18.5. The van der Waals surface area contributed by atoms with E-state index >= 15 is 0 Å². The lowest BCUT2D eigenvalue weighted by Gasteiger charge is -2.37. The maximum atomic E-state index is 13.1. The first-order chi connectivity index (χ1) is 17.0. The van der Waals surface area contributed by atoms with Crippen LogP contribution in [0.3, 0.4) is 0 Å². The molecule has 0 saturated heterocycles. The monoisotopic (exact) mass is 556 g/mol. The Kier molecular flexibility index (Phi) is 4.27. The van der Waals surface area contributed by atoms with E-state index in [0.29, 0.717) is 54.9 Å². The third-order valence-corrected chi connectivity index (χ3v) is 8.82. The Morgan fingerprint density at radius 3 is 1.94 bits per heavy atom. The van der Waals surface area contributed by atoms with Crippen molar-refractivity contribution in [3.05, 3.63) is 67.7 Å². The number of likely N-dealkylation sites (N-methyl/N-ethyl adjacent to an activating group) is 2. The second kappa shape index (κ2) is 6.90. The van der Waals surface area contributed by atoms with Gasteiger partial charge in [-0.05, 0) is 46.2 Å². The van der Waals surface area contributed by atoms with Gasteiger partial charge in [0.2, 0.25) is 5.91 Å². The van der Waals surface area contributed by atoms with Crippen LogP contribution >= 0.6 is 46.4 Å². The van der Waals surface area contributed by atoms with Crippen LogP contribution in [0, 0.1) is 0 Å². The number of nitrogens with zero attached hydrogens (tertiary/aromatic N) is 2. The van der Waals surface area contributed by atoms with E-state index in [9.17, 15) is 19.2 Å². The Labute approximate surface area is 223 Å². The molecule has 3 aromatic carbocycles. The molecule has 2 aliphatic carbocycles. The molecule has 0 fully saturated rings. The van der Waals surface area contributed by atoms with Crippen molar-refractivity contribution in [1.29, 1.82) is 0 Å². The molecule has 0 N–H and O–H groups in total. The van der Waals surface area contributed by atoms with Crippen LogP contribution in [0.2, 0.25) is 10.0 Å². The number of imide groups is 2. The molecule has 7 rings (SSSR count). The highest BCUT2D eigenvalue weighted by atomic mass is 35.5. The summed E-state index contributed by atoms with van der Waals surface area (Å²) >= 11 is 27.4. The minimum atomic E-state index is -0.808. The Balaban J connectivity index is 1.79. The van der Waals surface area contributed by atoms with Crippen LogP contribution in [0.4, 0.5) is 0 Å². The van der Waals surface area contributed by atoms with Gasteiger partial charge in [-0.15, -0.1) is 11.6 Å². The molecular weight excluding hydrogens is 546 g/mol. The lowest BCUT2D eigenvalue weighted by molar-refractivity contribution is -0.128. The van der Waals surface area contributed by atoms with Crippen molar-refractivity contribution in [2.45, 2.75) is 11.3 Å². The molecule has 0 saturated carbocycles. The van der Waals surface area contributed by atoms with Crippen LogP contribution in [-0.4, -0.2) is 47.5 Å². The first-order valence-corrected chi connectivity index (χ1v) is 12.5. The molecule has 2 atom stereocenters. The largest absolute Gasteiger partial charge is 0.281 e. The fourth-order valence-corrected chi connectivity index (χ4v) is 7.27. The topological polar surface area (TPSA) is 74.8 Å². The lowest BCUT2D eigenvalue weighted by atomic mass is 9.73. The Hall–Kier alpha value is -2.90. The molecule has 4 aliphatic rings. The summed E-state index contributed by atoms with van der Waals surface area (Å²) in [7, 11) is 2.83. The van der Waals surface area contributed by atoms with Crippen LogP contribution in [0.25, 0.3) is 32.2 Å². The Bertz CT molecular complexity index is 1800. The lowest BCUT2D eigenvalue weighted by Crippen LogP contribution is -2.42. The summed E-state index contributed by atoms with van der Waals surface area (Å²) in [6, 6.07) is 3.06. The molecule has 0 radical (unpaired) electrons. The number of hydrogen-bond acceptors (Lipinski definition) is 4. The van der Waals surface area contributed by atoms with E-state index in [0.717, 1.165) is 9.80 Å². The molecule has 178 valence electrons. The number of carbonyl (C=O) groups excluding carboxylic acids is 4. The molecule has 0 spiro atoms. The van der Waals surface area contributed by atoms with Crippen molar-refractivity contribution >= 4 is 102 Å². The number of halogens is 4. The molecule has 0 bridgehead atoms. The van der Waals surface area contributed by atoms with Crippen LogP contribution in [0.5, 0.6) is 0 Å². The number of allylic oxidation sites excluding steroid dienone is 1. The van der Waals surface area contributed by atoms with Crippen molar-refractivity contribution in [2.24, 2.45) is 0 Å². The summed E-state index contributed by atoms with van der Waals surface area (Å²) in [6.07, 6.45) is 3.20. The van der Waals surface area contributed by atoms with Gasteiger partial charge in [0, 0.05) is 62.2 Å². The van der Waals surface area contributed by atoms with Crippen molar-refractivity contribution in [2.75, 3.05) is 14.1 Å². The van der Waals surface area contributed by atoms with Crippen LogP contribution in [0.15, 0.2) is 24.3 Å². The van der Waals surface area contributed by atoms with E-state index in [4.69, 9.17) is 46.4 Å². The minimum absolute atomic E-state index is 0.229. The molecule has 6 nitrogen and oxygen atoms in total. The minimum Gasteiger partial charge on any atom is -0.281 e. The Morgan fingerprint density at radius 2 is 1.28 bits per heavy atom. The van der Waals surface area contributed by atoms with Gasteiger partial charge < -0.3 is 0 Å². The molecule has 3 aromatic rings. The number of rotatable bonds is 0. The summed E-state index contributed by atoms with van der Waals surface area (Å²) < 4.78 is 0. The van der Waals surface area contributed by atoms with E-state index in [1.165, 1.54) is 26.2 Å². The summed E-state index contributed by atoms with van der Waals surface area (Å²) in [5.41, 5.74) is 2.86. The number of hydrogen-bond donors (Lipinski definition) is 0. The van der Waals surface area contributed by atoms with Crippen molar-refractivity contribution in [3.8, 4) is 0 Å². The number of alkyl halides is 1. The highest BCUT2D eigenvalue weighted by molar-refractivity contribution is 6.54. The zero-order valence-corrected chi connectivity index (χ0v) is 21.5. The number of carbonyl (C=O) groups is 4. The third-order valence-electron chi connectivity index (χ3n) is 7.56. The maximum Gasteiger partial charge on any atom is 0.261 e. The average molecular weight is 558 g/mol. The molecule has 4 amide bonds. The average Bonchev–Trinajstić information content (AvgIpc) is 2.84. The van der Waals surface area contributed by atoms with Crippen LogP contribution in [0.1, 0.15) is 54.3 Å². The zero-order chi connectivity index (χ0) is 25.5. The van der Waals surface area contributed by atoms with E-state index in [1.54, 1.807) is 12.2 Å². The predicted molar refractivity (Wildman–Crippen MR) is 139 cm³/mol. The van der Waals surface area contributed by atoms with Gasteiger partial charge in [-0.3, -0.25) is 29.0 Å². The molecule has 10 heteroatoms. The predicted octanol–water partition coefficient (Wildman–Crippen LogP) is 5.88. The quantitative estimate of drug-likeness (QED) is 0.196. The van der Waals surface area contributed by atoms with E-state index in [-0.39, 0.29) is 20.6 Å². The number of amides is 4. The summed E-state index contributed by atoms with van der Waals surface area (Å²) in [5, 5.41) is 1.94. The SMILES string of the molecule is CN1C(=O)C2=C[C@H](Cl)c3c4c5c6c(cc(Cl)c5c5c(Cl)cc(c2c35)C1=O)C(=O)N(C)C(=O)[C@@H]6C=C4Cl. The third kappa shape index (κ3) is 2.37. The van der Waals surface area contributed by atoms with Crippen LogP contribution in [-0.2, 0) is 9.59 Å². The van der Waals surface area contributed by atoms with Gasteiger partial charge in [0.05, 0.1) is 16.9 Å². The van der Waals surface area contributed by atoms with E-state index in [2.05, 4.69) is 0 Å². The van der Waals surface area contributed by atoms with Gasteiger partial charge in [-0.2, -0.15) is 0 Å². The molecule has 0 unspecified atom stereocenters. The summed E-state index contributed by atoms with van der Waals surface area (Å²) in [6.45, 7) is 0. The molecule has 2 aliphatic heterocycles. The van der Waals surface area contributed by atoms with Crippen molar-refractivity contribution < 1.29 is 19.2 Å². The standard InChI is InChI=1S/C26H12Cl4N2O4/c1-31-23(33)7-3-11(27)17-19-13(29)5-9-16-10(26(36)32(2)25(9)35)6-14(30)20(22(16)19)18-12(28)4-8(24(31)34)15(7)21(17)18/h3-7,13H,1-2H3/t7-,13+/m1/s1. The smallest absolute Gasteiger partial charge is 0.261 e. The van der Waals surface area contributed by atoms with Gasteiger partial charge in [-0.1, -0.05) is 34.8 Å². The van der Waals surface area contributed by atoms with Crippen LogP contribution < -0.4 is 0 Å². The van der Waals surface area contributed by atoms with Gasteiger partial charge >= 0.3 is 0 Å². The normalized spacial score (nSPS) is 22.1. The Morgan fingerprint density at radius 1 is 0.694 bits per heavy atom. The first-order valence-electron chi connectivity index (χ1n) is 10.9. The maximum absolute atomic E-state index is 13.1.